The van der Waals surface area contributed by atoms with Crippen molar-refractivity contribution in [2.75, 3.05) is 11.6 Å². The minimum absolute atomic E-state index is 0.558. The van der Waals surface area contributed by atoms with Crippen molar-refractivity contribution in [3.8, 4) is 0 Å². The molecule has 1 aromatic rings. The molecule has 1 fully saturated rings. The van der Waals surface area contributed by atoms with Crippen molar-refractivity contribution in [2.45, 2.75) is 37.0 Å². The van der Waals surface area contributed by atoms with Crippen molar-refractivity contribution >= 4 is 29.2 Å². The second-order valence-corrected chi connectivity index (χ2v) is 5.72. The summed E-state index contributed by atoms with van der Waals surface area (Å²) in [5.74, 6) is 0.903. The molecule has 0 bridgehead atoms. The van der Waals surface area contributed by atoms with E-state index in [0.717, 1.165) is 11.1 Å². The van der Waals surface area contributed by atoms with E-state index in [9.17, 15) is 0 Å². The van der Waals surface area contributed by atoms with Gasteiger partial charge in [0, 0.05) is 11.3 Å². The Morgan fingerprint density at radius 2 is 2.06 bits per heavy atom. The lowest BCUT2D eigenvalue weighted by molar-refractivity contribution is 0.472. The van der Waals surface area contributed by atoms with Crippen LogP contribution >= 0.6 is 23.4 Å². The SMILES string of the molecule is CSC1CCC(Nc2cccc(Cl)n2)CC1. The van der Waals surface area contributed by atoms with E-state index in [1.165, 1.54) is 25.7 Å². The summed E-state index contributed by atoms with van der Waals surface area (Å²) in [4.78, 5) is 4.26. The Hall–Kier alpha value is -0.410. The van der Waals surface area contributed by atoms with Gasteiger partial charge in [0.2, 0.25) is 0 Å². The monoisotopic (exact) mass is 256 g/mol. The fourth-order valence-corrected chi connectivity index (χ4v) is 3.05. The number of thioether (sulfide) groups is 1. The molecule has 1 N–H and O–H groups in total. The van der Waals surface area contributed by atoms with Crippen LogP contribution in [0.1, 0.15) is 25.7 Å². The number of pyridine rings is 1. The molecule has 88 valence electrons. The van der Waals surface area contributed by atoms with E-state index in [0.29, 0.717) is 11.2 Å². The molecule has 0 amide bonds. The molecule has 4 heteroatoms. The molecule has 0 radical (unpaired) electrons. The van der Waals surface area contributed by atoms with Crippen molar-refractivity contribution in [3.05, 3.63) is 23.4 Å². The van der Waals surface area contributed by atoms with Gasteiger partial charge in [-0.05, 0) is 44.1 Å². The molecular formula is C12H17ClN2S. The highest BCUT2D eigenvalue weighted by atomic mass is 35.5. The maximum atomic E-state index is 5.85. The topological polar surface area (TPSA) is 24.9 Å². The van der Waals surface area contributed by atoms with Crippen LogP contribution in [-0.4, -0.2) is 22.5 Å². The number of hydrogen-bond acceptors (Lipinski definition) is 3. The number of rotatable bonds is 3. The van der Waals surface area contributed by atoms with Crippen LogP contribution in [0.5, 0.6) is 0 Å². The normalized spacial score (nSPS) is 25.4. The molecule has 1 heterocycles. The van der Waals surface area contributed by atoms with Crippen LogP contribution in [0.15, 0.2) is 18.2 Å². The fourth-order valence-electron chi connectivity index (χ4n) is 2.14. The van der Waals surface area contributed by atoms with E-state index in [2.05, 4.69) is 16.6 Å². The lowest BCUT2D eigenvalue weighted by atomic mass is 9.95. The smallest absolute Gasteiger partial charge is 0.131 e. The van der Waals surface area contributed by atoms with Crippen LogP contribution in [0.2, 0.25) is 5.15 Å². The highest BCUT2D eigenvalue weighted by Gasteiger charge is 2.20. The van der Waals surface area contributed by atoms with Crippen molar-refractivity contribution in [3.63, 3.8) is 0 Å². The second kappa shape index (κ2) is 5.78. The summed E-state index contributed by atoms with van der Waals surface area (Å²) in [6.45, 7) is 0. The molecule has 1 aliphatic rings. The fraction of sp³-hybridized carbons (Fsp3) is 0.583. The molecule has 1 aromatic heterocycles. The Bertz CT molecular complexity index is 338. The minimum atomic E-state index is 0.558. The van der Waals surface area contributed by atoms with E-state index in [1.807, 2.05) is 23.9 Å². The molecule has 2 rings (SSSR count). The molecular weight excluding hydrogens is 240 g/mol. The van der Waals surface area contributed by atoms with Gasteiger partial charge in [-0.25, -0.2) is 4.98 Å². The highest BCUT2D eigenvalue weighted by Crippen LogP contribution is 2.28. The molecule has 2 nitrogen and oxygen atoms in total. The number of aromatic nitrogens is 1. The Kier molecular flexibility index (Phi) is 4.36. The first-order valence-electron chi connectivity index (χ1n) is 5.70. The summed E-state index contributed by atoms with van der Waals surface area (Å²) in [6, 6.07) is 6.28. The number of hydrogen-bond donors (Lipinski definition) is 1. The van der Waals surface area contributed by atoms with Gasteiger partial charge in [-0.15, -0.1) is 0 Å². The third-order valence-electron chi connectivity index (χ3n) is 3.07. The zero-order chi connectivity index (χ0) is 11.4. The number of nitrogens with zero attached hydrogens (tertiary/aromatic N) is 1. The Morgan fingerprint density at radius 3 is 2.69 bits per heavy atom. The molecule has 16 heavy (non-hydrogen) atoms. The lowest BCUT2D eigenvalue weighted by Crippen LogP contribution is -2.27. The maximum Gasteiger partial charge on any atom is 0.131 e. The summed E-state index contributed by atoms with van der Waals surface area (Å²) >= 11 is 7.85. The maximum absolute atomic E-state index is 5.85. The molecule has 0 unspecified atom stereocenters. The summed E-state index contributed by atoms with van der Waals surface area (Å²) < 4.78 is 0. The third-order valence-corrected chi connectivity index (χ3v) is 4.42. The van der Waals surface area contributed by atoms with Gasteiger partial charge in [0.1, 0.15) is 11.0 Å². The average Bonchev–Trinajstić information content (AvgIpc) is 2.30. The molecule has 0 saturated heterocycles. The predicted octanol–water partition coefficient (Wildman–Crippen LogP) is 3.82. The van der Waals surface area contributed by atoms with Crippen molar-refractivity contribution in [2.24, 2.45) is 0 Å². The van der Waals surface area contributed by atoms with Crippen LogP contribution < -0.4 is 5.32 Å². The minimum Gasteiger partial charge on any atom is -0.367 e. The number of halogens is 1. The van der Waals surface area contributed by atoms with Gasteiger partial charge in [-0.1, -0.05) is 17.7 Å². The van der Waals surface area contributed by atoms with Crippen LogP contribution in [-0.2, 0) is 0 Å². The van der Waals surface area contributed by atoms with Gasteiger partial charge in [0.15, 0.2) is 0 Å². The molecule has 0 aromatic carbocycles. The van der Waals surface area contributed by atoms with Gasteiger partial charge in [-0.3, -0.25) is 0 Å². The molecule has 1 aliphatic carbocycles. The average molecular weight is 257 g/mol. The predicted molar refractivity (Wildman–Crippen MR) is 72.4 cm³/mol. The van der Waals surface area contributed by atoms with Gasteiger partial charge in [0.25, 0.3) is 0 Å². The van der Waals surface area contributed by atoms with E-state index >= 15 is 0 Å². The van der Waals surface area contributed by atoms with E-state index in [1.54, 1.807) is 6.07 Å². The quantitative estimate of drug-likeness (QED) is 0.833. The zero-order valence-corrected chi connectivity index (χ0v) is 11.0. The Balaban J connectivity index is 1.87. The molecule has 0 aliphatic heterocycles. The van der Waals surface area contributed by atoms with Crippen LogP contribution in [0.4, 0.5) is 5.82 Å². The highest BCUT2D eigenvalue weighted by molar-refractivity contribution is 7.99. The summed E-state index contributed by atoms with van der Waals surface area (Å²) in [6.07, 6.45) is 7.29. The first-order valence-corrected chi connectivity index (χ1v) is 7.36. The van der Waals surface area contributed by atoms with Crippen LogP contribution in [0.3, 0.4) is 0 Å². The van der Waals surface area contributed by atoms with Crippen LogP contribution in [0, 0.1) is 0 Å². The zero-order valence-electron chi connectivity index (χ0n) is 9.45. The standard InChI is InChI=1S/C12H17ClN2S/c1-16-10-7-5-9(6-8-10)14-12-4-2-3-11(13)15-12/h2-4,9-10H,5-8H2,1H3,(H,14,15). The van der Waals surface area contributed by atoms with Crippen LogP contribution in [0.25, 0.3) is 0 Å². The molecule has 0 atom stereocenters. The molecule has 0 spiro atoms. The second-order valence-electron chi connectivity index (χ2n) is 4.20. The van der Waals surface area contributed by atoms with Crippen molar-refractivity contribution in [1.29, 1.82) is 0 Å². The van der Waals surface area contributed by atoms with E-state index < -0.39 is 0 Å². The Labute approximate surface area is 106 Å². The summed E-state index contributed by atoms with van der Waals surface area (Å²) in [7, 11) is 0. The van der Waals surface area contributed by atoms with Gasteiger partial charge < -0.3 is 5.32 Å². The van der Waals surface area contributed by atoms with Gasteiger partial charge in [0.05, 0.1) is 0 Å². The van der Waals surface area contributed by atoms with Crippen molar-refractivity contribution in [1.82, 2.24) is 4.98 Å². The van der Waals surface area contributed by atoms with Gasteiger partial charge >= 0.3 is 0 Å². The number of nitrogens with one attached hydrogen (secondary N) is 1. The van der Waals surface area contributed by atoms with E-state index in [-0.39, 0.29) is 0 Å². The van der Waals surface area contributed by atoms with Crippen molar-refractivity contribution < 1.29 is 0 Å². The first-order chi connectivity index (χ1) is 7.78. The largest absolute Gasteiger partial charge is 0.367 e. The number of anilines is 1. The summed E-state index contributed by atoms with van der Waals surface area (Å²) in [5, 5.41) is 4.87. The Morgan fingerprint density at radius 1 is 1.31 bits per heavy atom. The molecule has 1 saturated carbocycles. The van der Waals surface area contributed by atoms with Gasteiger partial charge in [-0.2, -0.15) is 11.8 Å². The summed E-state index contributed by atoms with van der Waals surface area (Å²) in [5.41, 5.74) is 0. The first kappa shape index (κ1) is 12.1. The van der Waals surface area contributed by atoms with E-state index in [4.69, 9.17) is 11.6 Å². The lowest BCUT2D eigenvalue weighted by Gasteiger charge is -2.28. The third kappa shape index (κ3) is 3.29.